The quantitative estimate of drug-likeness (QED) is 0.608. The topological polar surface area (TPSA) is 108 Å². The second-order valence-electron chi connectivity index (χ2n) is 4.50. The van der Waals surface area contributed by atoms with Gasteiger partial charge in [0.25, 0.3) is 11.3 Å². The zero-order chi connectivity index (χ0) is 14.6. The number of nitrogens with zero attached hydrogens (tertiary/aromatic N) is 3. The summed E-state index contributed by atoms with van der Waals surface area (Å²) < 4.78 is 12.5. The third kappa shape index (κ3) is 1.74. The molecule has 3 aromatic rings. The van der Waals surface area contributed by atoms with Gasteiger partial charge in [0.05, 0.1) is 11.0 Å². The highest BCUT2D eigenvalue weighted by molar-refractivity contribution is 7.80. The first kappa shape index (κ1) is 12.1. The first-order valence-corrected chi connectivity index (χ1v) is 6.56. The predicted molar refractivity (Wildman–Crippen MR) is 78.0 cm³/mol. The summed E-state index contributed by atoms with van der Waals surface area (Å²) in [6, 6.07) is 3.50. The monoisotopic (exact) mass is 303 g/mol. The van der Waals surface area contributed by atoms with Crippen LogP contribution in [0.25, 0.3) is 16.8 Å². The summed E-state index contributed by atoms with van der Waals surface area (Å²) in [5, 5.41) is 2.64. The summed E-state index contributed by atoms with van der Waals surface area (Å²) in [6.45, 7) is 0.974. The van der Waals surface area contributed by atoms with E-state index in [1.807, 2.05) is 0 Å². The van der Waals surface area contributed by atoms with Gasteiger partial charge in [-0.1, -0.05) is 12.2 Å². The molecule has 9 heteroatoms. The lowest BCUT2D eigenvalue weighted by Gasteiger charge is -2.17. The van der Waals surface area contributed by atoms with Crippen molar-refractivity contribution in [3.05, 3.63) is 28.2 Å². The number of nitrogens with one attached hydrogen (secondary N) is 1. The number of H-pyrrole nitrogens is 1. The lowest BCUT2D eigenvalue weighted by Crippen LogP contribution is -2.26. The zero-order valence-corrected chi connectivity index (χ0v) is 11.4. The van der Waals surface area contributed by atoms with Crippen molar-refractivity contribution in [1.29, 1.82) is 0 Å². The second kappa shape index (κ2) is 4.16. The maximum absolute atomic E-state index is 11.9. The van der Waals surface area contributed by atoms with E-state index >= 15 is 0 Å². The van der Waals surface area contributed by atoms with Crippen LogP contribution in [-0.4, -0.2) is 37.8 Å². The fourth-order valence-electron chi connectivity index (χ4n) is 2.26. The first-order chi connectivity index (χ1) is 10.1. The minimum Gasteiger partial charge on any atom is -0.486 e. The van der Waals surface area contributed by atoms with Crippen LogP contribution in [0.1, 0.15) is 5.69 Å². The molecule has 0 atom stereocenters. The molecule has 4 rings (SSSR count). The van der Waals surface area contributed by atoms with Crippen LogP contribution >= 0.6 is 12.2 Å². The molecule has 1 aliphatic heterocycles. The van der Waals surface area contributed by atoms with Crippen molar-refractivity contribution in [2.75, 3.05) is 13.2 Å². The molecule has 0 saturated carbocycles. The van der Waals surface area contributed by atoms with E-state index in [-0.39, 0.29) is 10.7 Å². The van der Waals surface area contributed by atoms with E-state index in [0.717, 1.165) is 0 Å². The van der Waals surface area contributed by atoms with Gasteiger partial charge in [-0.05, 0) is 0 Å². The third-order valence-corrected chi connectivity index (χ3v) is 3.37. The van der Waals surface area contributed by atoms with Gasteiger partial charge in [0, 0.05) is 12.1 Å². The molecule has 0 bridgehead atoms. The van der Waals surface area contributed by atoms with Gasteiger partial charge in [-0.15, -0.1) is 0 Å². The van der Waals surface area contributed by atoms with Gasteiger partial charge in [-0.3, -0.25) is 9.89 Å². The molecule has 21 heavy (non-hydrogen) atoms. The Morgan fingerprint density at radius 2 is 2.00 bits per heavy atom. The third-order valence-electron chi connectivity index (χ3n) is 3.17. The Morgan fingerprint density at radius 3 is 2.71 bits per heavy atom. The molecule has 8 nitrogen and oxygen atoms in total. The number of benzene rings is 1. The van der Waals surface area contributed by atoms with Crippen LogP contribution in [0, 0.1) is 0 Å². The average Bonchev–Trinajstić information content (AvgIpc) is 2.80. The predicted octanol–water partition coefficient (Wildman–Crippen LogP) is -0.0238. The Morgan fingerprint density at radius 1 is 1.29 bits per heavy atom. The molecule has 0 saturated heterocycles. The molecule has 0 radical (unpaired) electrons. The number of hydrogen-bond donors (Lipinski definition) is 2. The molecule has 3 heterocycles. The van der Waals surface area contributed by atoms with Crippen molar-refractivity contribution in [3.8, 4) is 11.5 Å². The SMILES string of the molecule is NC(=S)c1nc2nc3cc4c(cc3n2[nH]c1=O)OCCO4. The minimum atomic E-state index is -0.468. The van der Waals surface area contributed by atoms with Crippen LogP contribution in [0.5, 0.6) is 11.5 Å². The van der Waals surface area contributed by atoms with Gasteiger partial charge in [-0.2, -0.15) is 0 Å². The number of aromatic amines is 1. The molecule has 1 aromatic carbocycles. The Hall–Kier alpha value is -2.68. The Kier molecular flexibility index (Phi) is 2.39. The minimum absolute atomic E-state index is 0.00919. The number of nitrogens with two attached hydrogens (primary N) is 1. The van der Waals surface area contributed by atoms with E-state index in [1.54, 1.807) is 12.1 Å². The van der Waals surface area contributed by atoms with Crippen LogP contribution in [0.15, 0.2) is 16.9 Å². The van der Waals surface area contributed by atoms with Crippen molar-refractivity contribution in [3.63, 3.8) is 0 Å². The fraction of sp³-hybridized carbons (Fsp3) is 0.167. The number of ether oxygens (including phenoxy) is 2. The Labute approximate surface area is 122 Å². The van der Waals surface area contributed by atoms with E-state index in [1.165, 1.54) is 4.52 Å². The van der Waals surface area contributed by atoms with E-state index in [0.29, 0.717) is 41.5 Å². The largest absolute Gasteiger partial charge is 0.486 e. The molecular formula is C12H9N5O3S. The van der Waals surface area contributed by atoms with Crippen molar-refractivity contribution < 1.29 is 9.47 Å². The van der Waals surface area contributed by atoms with Gasteiger partial charge in [0.2, 0.25) is 0 Å². The van der Waals surface area contributed by atoms with Crippen LogP contribution in [-0.2, 0) is 0 Å². The van der Waals surface area contributed by atoms with Crippen molar-refractivity contribution in [2.24, 2.45) is 5.73 Å². The Bertz CT molecular complexity index is 961. The van der Waals surface area contributed by atoms with Gasteiger partial charge in [-0.25, -0.2) is 14.5 Å². The van der Waals surface area contributed by atoms with E-state index in [4.69, 9.17) is 27.4 Å². The molecular weight excluding hydrogens is 294 g/mol. The van der Waals surface area contributed by atoms with Crippen molar-refractivity contribution >= 4 is 34.0 Å². The maximum atomic E-state index is 11.9. The highest BCUT2D eigenvalue weighted by atomic mass is 32.1. The standard InChI is InChI=1S/C12H9N5O3S/c13-10(21)9-11(18)16-17-6-4-8-7(19-1-2-20-8)3-5(6)14-12(17)15-9/h3-4H,1-2H2,(H2,13,21)(H,16,18). The summed E-state index contributed by atoms with van der Waals surface area (Å²) in [4.78, 5) is 20.3. The lowest BCUT2D eigenvalue weighted by atomic mass is 10.2. The van der Waals surface area contributed by atoms with Crippen molar-refractivity contribution in [2.45, 2.75) is 0 Å². The zero-order valence-electron chi connectivity index (χ0n) is 10.6. The lowest BCUT2D eigenvalue weighted by molar-refractivity contribution is 0.172. The van der Waals surface area contributed by atoms with E-state index in [2.05, 4.69) is 15.1 Å². The highest BCUT2D eigenvalue weighted by Gasteiger charge is 2.17. The molecule has 2 aromatic heterocycles. The molecule has 106 valence electrons. The molecule has 1 aliphatic rings. The average molecular weight is 303 g/mol. The summed E-state index contributed by atoms with van der Waals surface area (Å²) in [6.07, 6.45) is 0. The highest BCUT2D eigenvalue weighted by Crippen LogP contribution is 2.34. The fourth-order valence-corrected chi connectivity index (χ4v) is 2.40. The number of thiocarbonyl (C=S) groups is 1. The molecule has 0 fully saturated rings. The van der Waals surface area contributed by atoms with Crippen molar-refractivity contribution in [1.82, 2.24) is 19.6 Å². The number of hydrogen-bond acceptors (Lipinski definition) is 6. The Balaban J connectivity index is 2.07. The number of rotatable bonds is 1. The maximum Gasteiger partial charge on any atom is 0.291 e. The van der Waals surface area contributed by atoms with Crippen LogP contribution < -0.4 is 20.8 Å². The van der Waals surface area contributed by atoms with Crippen LogP contribution in [0.3, 0.4) is 0 Å². The van der Waals surface area contributed by atoms with E-state index in [9.17, 15) is 4.79 Å². The van der Waals surface area contributed by atoms with Gasteiger partial charge < -0.3 is 15.2 Å². The summed E-state index contributed by atoms with van der Waals surface area (Å²) >= 11 is 4.80. The smallest absolute Gasteiger partial charge is 0.291 e. The van der Waals surface area contributed by atoms with Crippen LogP contribution in [0.4, 0.5) is 0 Å². The van der Waals surface area contributed by atoms with Gasteiger partial charge in [0.15, 0.2) is 17.2 Å². The summed E-state index contributed by atoms with van der Waals surface area (Å²) in [5.74, 6) is 1.53. The van der Waals surface area contributed by atoms with Gasteiger partial charge in [0.1, 0.15) is 18.2 Å². The number of imidazole rings is 1. The second-order valence-corrected chi connectivity index (χ2v) is 4.94. The molecule has 0 aliphatic carbocycles. The molecule has 0 unspecified atom stereocenters. The number of fused-ring (bicyclic) bond motifs is 4. The number of aromatic nitrogens is 4. The normalized spacial score (nSPS) is 13.7. The summed E-state index contributed by atoms with van der Waals surface area (Å²) in [5.41, 5.74) is 6.28. The first-order valence-electron chi connectivity index (χ1n) is 6.15. The van der Waals surface area contributed by atoms with E-state index < -0.39 is 5.56 Å². The van der Waals surface area contributed by atoms with Gasteiger partial charge >= 0.3 is 0 Å². The summed E-state index contributed by atoms with van der Waals surface area (Å²) in [7, 11) is 0. The molecule has 0 spiro atoms. The molecule has 3 N–H and O–H groups in total. The van der Waals surface area contributed by atoms with Crippen LogP contribution in [0.2, 0.25) is 0 Å². The molecule has 0 amide bonds.